The third-order valence-electron chi connectivity index (χ3n) is 5.39. The van der Waals surface area contributed by atoms with E-state index in [1.165, 1.54) is 28.8 Å². The van der Waals surface area contributed by atoms with Crippen molar-refractivity contribution in [3.63, 3.8) is 0 Å². The van der Waals surface area contributed by atoms with Crippen molar-refractivity contribution in [2.45, 2.75) is 23.3 Å². The first-order chi connectivity index (χ1) is 16.7. The van der Waals surface area contributed by atoms with Crippen LogP contribution in [0.1, 0.15) is 11.3 Å². The van der Waals surface area contributed by atoms with Crippen LogP contribution in [-0.4, -0.2) is 14.7 Å². The van der Waals surface area contributed by atoms with Crippen LogP contribution in [0.3, 0.4) is 0 Å². The van der Waals surface area contributed by atoms with Crippen molar-refractivity contribution in [3.05, 3.63) is 104 Å². The van der Waals surface area contributed by atoms with Crippen molar-refractivity contribution in [3.8, 4) is 5.75 Å². The minimum absolute atomic E-state index is 0.00433. The number of aromatic hydroxyl groups is 1. The fraction of sp³-hybridized carbons (Fsp3) is 0.0800. The number of pyridine rings is 2. The summed E-state index contributed by atoms with van der Waals surface area (Å²) < 4.78 is 47.6. The maximum Gasteiger partial charge on any atom is 0.354 e. The Hall–Kier alpha value is -4.05. The van der Waals surface area contributed by atoms with Gasteiger partial charge in [0.2, 0.25) is 0 Å². The molecule has 0 saturated carbocycles. The van der Waals surface area contributed by atoms with Crippen molar-refractivity contribution in [1.29, 1.82) is 0 Å². The summed E-state index contributed by atoms with van der Waals surface area (Å²) in [6.07, 6.45) is 0. The molecule has 0 unspecified atom stereocenters. The van der Waals surface area contributed by atoms with E-state index in [0.29, 0.717) is 34.5 Å². The fourth-order valence-corrected chi connectivity index (χ4v) is 4.57. The fourth-order valence-electron chi connectivity index (χ4n) is 3.73. The lowest BCUT2D eigenvalue weighted by atomic mass is 10.1. The zero-order valence-corrected chi connectivity index (χ0v) is 18.8. The van der Waals surface area contributed by atoms with E-state index in [1.807, 2.05) is 0 Å². The van der Waals surface area contributed by atoms with Crippen LogP contribution in [0.15, 0.2) is 78.4 Å². The van der Waals surface area contributed by atoms with Gasteiger partial charge in [0.15, 0.2) is 11.3 Å². The van der Waals surface area contributed by atoms with Gasteiger partial charge in [0.25, 0.3) is 5.56 Å². The van der Waals surface area contributed by atoms with Gasteiger partial charge in [0, 0.05) is 16.7 Å². The number of hydrogen-bond donors (Lipinski definition) is 1. The van der Waals surface area contributed by atoms with Crippen molar-refractivity contribution >= 4 is 33.8 Å². The van der Waals surface area contributed by atoms with E-state index >= 15 is 0 Å². The van der Waals surface area contributed by atoms with Crippen LogP contribution >= 0.6 is 11.8 Å². The summed E-state index contributed by atoms with van der Waals surface area (Å²) in [6.45, 7) is 1.72. The summed E-state index contributed by atoms with van der Waals surface area (Å²) in [7, 11) is 0. The highest BCUT2D eigenvalue weighted by atomic mass is 32.2. The van der Waals surface area contributed by atoms with Crippen LogP contribution in [0.5, 0.6) is 5.75 Å². The Balaban J connectivity index is 1.78. The van der Waals surface area contributed by atoms with Crippen LogP contribution < -0.4 is 11.2 Å². The molecule has 0 aliphatic carbocycles. The second-order valence-electron chi connectivity index (χ2n) is 7.79. The maximum absolute atomic E-state index is 14.2. The van der Waals surface area contributed by atoms with E-state index in [2.05, 4.69) is 4.98 Å². The highest BCUT2D eigenvalue weighted by Crippen LogP contribution is 2.38. The number of halogens is 3. The molecule has 0 amide bonds. The van der Waals surface area contributed by atoms with E-state index in [4.69, 9.17) is 4.42 Å². The van der Waals surface area contributed by atoms with Gasteiger partial charge in [0.1, 0.15) is 33.4 Å². The average molecular weight is 496 g/mol. The van der Waals surface area contributed by atoms with Gasteiger partial charge < -0.3 is 9.52 Å². The smallest absolute Gasteiger partial charge is 0.354 e. The van der Waals surface area contributed by atoms with Gasteiger partial charge in [-0.2, -0.15) is 0 Å². The molecule has 5 rings (SSSR count). The van der Waals surface area contributed by atoms with Gasteiger partial charge >= 0.3 is 5.63 Å². The largest absolute Gasteiger partial charge is 0.505 e. The zero-order valence-electron chi connectivity index (χ0n) is 18.0. The van der Waals surface area contributed by atoms with E-state index in [9.17, 15) is 27.9 Å². The number of benzene rings is 2. The second-order valence-corrected chi connectivity index (χ2v) is 8.84. The zero-order chi connectivity index (χ0) is 24.9. The minimum atomic E-state index is -0.999. The molecule has 0 bridgehead atoms. The first-order valence-electron chi connectivity index (χ1n) is 10.3. The monoisotopic (exact) mass is 496 g/mol. The molecule has 35 heavy (non-hydrogen) atoms. The number of aryl methyl sites for hydroxylation is 1. The molecule has 0 aliphatic heterocycles. The number of hydrogen-bond acceptors (Lipinski definition) is 6. The van der Waals surface area contributed by atoms with Gasteiger partial charge in [-0.25, -0.2) is 22.9 Å². The lowest BCUT2D eigenvalue weighted by molar-refractivity contribution is 0.446. The molecule has 3 heterocycles. The van der Waals surface area contributed by atoms with Gasteiger partial charge in [0.05, 0.1) is 11.9 Å². The summed E-state index contributed by atoms with van der Waals surface area (Å²) in [5.74, 6) is -2.88. The van der Waals surface area contributed by atoms with E-state index in [1.54, 1.807) is 19.1 Å². The topological polar surface area (TPSA) is 85.3 Å². The van der Waals surface area contributed by atoms with Gasteiger partial charge in [-0.15, -0.1) is 0 Å². The molecule has 6 nitrogen and oxygen atoms in total. The predicted molar refractivity (Wildman–Crippen MR) is 124 cm³/mol. The van der Waals surface area contributed by atoms with Crippen molar-refractivity contribution < 1.29 is 22.7 Å². The Morgan fingerprint density at radius 2 is 1.71 bits per heavy atom. The third-order valence-corrected chi connectivity index (χ3v) is 6.51. The summed E-state index contributed by atoms with van der Waals surface area (Å²) in [4.78, 5) is 30.2. The van der Waals surface area contributed by atoms with Crippen molar-refractivity contribution in [2.75, 3.05) is 0 Å². The molecule has 0 radical (unpaired) electrons. The molecule has 0 atom stereocenters. The first-order valence-corrected chi connectivity index (χ1v) is 11.1. The highest BCUT2D eigenvalue weighted by molar-refractivity contribution is 7.99. The molecule has 0 aliphatic rings. The molecular weight excluding hydrogens is 481 g/mol. The van der Waals surface area contributed by atoms with Crippen molar-refractivity contribution in [2.24, 2.45) is 0 Å². The van der Waals surface area contributed by atoms with Crippen LogP contribution in [0.4, 0.5) is 13.2 Å². The Labute approximate surface area is 199 Å². The van der Waals surface area contributed by atoms with Crippen LogP contribution in [-0.2, 0) is 6.54 Å². The molecule has 0 fully saturated rings. The Kier molecular flexibility index (Phi) is 5.60. The predicted octanol–water partition coefficient (Wildman–Crippen LogP) is 5.13. The molecule has 176 valence electrons. The highest BCUT2D eigenvalue weighted by Gasteiger charge is 2.24. The summed E-state index contributed by atoms with van der Waals surface area (Å²) >= 11 is 0.516. The van der Waals surface area contributed by atoms with Crippen LogP contribution in [0, 0.1) is 24.4 Å². The standard InChI is InChI=1S/C25H15F3N2O4S/c1-12-2-8-16-21-19(24(32)30(23(16)29-12)11-13-3-5-14(26)6-4-13)20(31)22(25(33)34-21)35-18-9-7-15(27)10-17(18)28/h2-10,31H,11H2,1H3. The van der Waals surface area contributed by atoms with E-state index in [0.717, 1.165) is 12.1 Å². The second kappa shape index (κ2) is 8.62. The number of nitrogens with zero attached hydrogens (tertiary/aromatic N) is 2. The first kappa shape index (κ1) is 22.7. The third kappa shape index (κ3) is 4.06. The normalized spacial score (nSPS) is 11.4. The average Bonchev–Trinajstić information content (AvgIpc) is 2.81. The molecule has 0 saturated heterocycles. The number of fused-ring (bicyclic) bond motifs is 3. The van der Waals surface area contributed by atoms with Crippen molar-refractivity contribution in [1.82, 2.24) is 9.55 Å². The lowest BCUT2D eigenvalue weighted by Gasteiger charge is -2.14. The molecule has 10 heteroatoms. The van der Waals surface area contributed by atoms with Crippen LogP contribution in [0.2, 0.25) is 0 Å². The SMILES string of the molecule is Cc1ccc2c3oc(=O)c(Sc4ccc(F)cc4F)c(O)c3c(=O)n(Cc3ccc(F)cc3)c2n1. The summed E-state index contributed by atoms with van der Waals surface area (Å²) in [5.41, 5.74) is -0.482. The van der Waals surface area contributed by atoms with Gasteiger partial charge in [-0.3, -0.25) is 9.36 Å². The minimum Gasteiger partial charge on any atom is -0.505 e. The number of rotatable bonds is 4. The Bertz CT molecular complexity index is 1750. The molecular formula is C25H15F3N2O4S. The lowest BCUT2D eigenvalue weighted by Crippen LogP contribution is -2.23. The van der Waals surface area contributed by atoms with E-state index in [-0.39, 0.29) is 28.1 Å². The molecule has 0 spiro atoms. The summed E-state index contributed by atoms with van der Waals surface area (Å²) in [5, 5.41) is 11.0. The molecule has 3 aromatic heterocycles. The van der Waals surface area contributed by atoms with Gasteiger partial charge in [-0.05, 0) is 48.9 Å². The van der Waals surface area contributed by atoms with Crippen LogP contribution in [0.25, 0.3) is 22.0 Å². The maximum atomic E-state index is 14.2. The molecule has 1 N–H and O–H groups in total. The van der Waals surface area contributed by atoms with Gasteiger partial charge in [-0.1, -0.05) is 23.9 Å². The molecule has 2 aromatic carbocycles. The summed E-state index contributed by atoms with van der Waals surface area (Å²) in [6, 6.07) is 11.5. The quantitative estimate of drug-likeness (QED) is 0.347. The number of aromatic nitrogens is 2. The van der Waals surface area contributed by atoms with E-state index < -0.39 is 39.3 Å². The Morgan fingerprint density at radius 1 is 1.00 bits per heavy atom. The molecule has 5 aromatic rings. The Morgan fingerprint density at radius 3 is 2.43 bits per heavy atom.